The van der Waals surface area contributed by atoms with Gasteiger partial charge >= 0.3 is 0 Å². The number of primary amides is 1. The second-order valence-corrected chi connectivity index (χ2v) is 7.66. The Bertz CT molecular complexity index is 976. The summed E-state index contributed by atoms with van der Waals surface area (Å²) in [4.78, 5) is 36.0. The van der Waals surface area contributed by atoms with E-state index in [1.807, 2.05) is 0 Å². The van der Waals surface area contributed by atoms with E-state index in [0.29, 0.717) is 21.4 Å². The molecule has 1 saturated heterocycles. The minimum absolute atomic E-state index is 0.230. The molecule has 28 heavy (non-hydrogen) atoms. The summed E-state index contributed by atoms with van der Waals surface area (Å²) in [5.41, 5.74) is 6.57. The summed E-state index contributed by atoms with van der Waals surface area (Å²) in [5, 5.41) is 0.559. The fraction of sp³-hybridized carbons (Fsp3) is 0.105. The second kappa shape index (κ2) is 8.68. The predicted octanol–water partition coefficient (Wildman–Crippen LogP) is 4.09. The molecule has 0 aromatic heterocycles. The van der Waals surface area contributed by atoms with Crippen molar-refractivity contribution in [3.8, 4) is 5.75 Å². The summed E-state index contributed by atoms with van der Waals surface area (Å²) in [6.07, 6.45) is 1.58. The lowest BCUT2D eigenvalue weighted by Crippen LogP contribution is -2.36. The quantitative estimate of drug-likeness (QED) is 0.688. The molecule has 6 nitrogen and oxygen atoms in total. The summed E-state index contributed by atoms with van der Waals surface area (Å²) in [7, 11) is 0. The number of ether oxygens (including phenoxy) is 1. The molecule has 2 aromatic rings. The van der Waals surface area contributed by atoms with Gasteiger partial charge in [0.05, 0.1) is 4.91 Å². The van der Waals surface area contributed by atoms with Gasteiger partial charge in [0.15, 0.2) is 0 Å². The van der Waals surface area contributed by atoms with Crippen LogP contribution in [-0.2, 0) is 16.2 Å². The maximum absolute atomic E-state index is 12.2. The lowest BCUT2D eigenvalue weighted by atomic mass is 10.2. The van der Waals surface area contributed by atoms with Gasteiger partial charge in [-0.2, -0.15) is 0 Å². The summed E-state index contributed by atoms with van der Waals surface area (Å²) >= 11 is 12.8. The van der Waals surface area contributed by atoms with Crippen LogP contribution >= 0.6 is 35.0 Å². The number of amides is 3. The zero-order valence-electron chi connectivity index (χ0n) is 14.4. The molecule has 144 valence electrons. The summed E-state index contributed by atoms with van der Waals surface area (Å²) < 4.78 is 5.70. The first-order valence-corrected chi connectivity index (χ1v) is 9.61. The third kappa shape index (κ3) is 4.86. The van der Waals surface area contributed by atoms with Crippen molar-refractivity contribution in [1.29, 1.82) is 0 Å². The topological polar surface area (TPSA) is 89.7 Å². The normalized spacial score (nSPS) is 15.4. The van der Waals surface area contributed by atoms with E-state index in [4.69, 9.17) is 33.7 Å². The molecular formula is C19H14Cl2N2O4S. The van der Waals surface area contributed by atoms with Crippen LogP contribution in [-0.4, -0.2) is 28.5 Å². The number of nitrogens with two attached hydrogens (primary N) is 1. The molecule has 0 aliphatic carbocycles. The van der Waals surface area contributed by atoms with Crippen molar-refractivity contribution in [2.75, 3.05) is 6.54 Å². The van der Waals surface area contributed by atoms with Gasteiger partial charge in [0.1, 0.15) is 18.9 Å². The van der Waals surface area contributed by atoms with Gasteiger partial charge in [0, 0.05) is 15.6 Å². The third-order valence-electron chi connectivity index (χ3n) is 3.77. The molecule has 1 aliphatic rings. The molecular weight excluding hydrogens is 423 g/mol. The minimum atomic E-state index is -0.745. The van der Waals surface area contributed by atoms with E-state index >= 15 is 0 Å². The number of thioether (sulfide) groups is 1. The van der Waals surface area contributed by atoms with Crippen molar-refractivity contribution in [3.63, 3.8) is 0 Å². The highest BCUT2D eigenvalue weighted by atomic mass is 35.5. The number of halogens is 2. The molecule has 0 atom stereocenters. The summed E-state index contributed by atoms with van der Waals surface area (Å²) in [6.45, 7) is -0.149. The van der Waals surface area contributed by atoms with Gasteiger partial charge in [-0.1, -0.05) is 41.4 Å². The molecule has 0 radical (unpaired) electrons. The number of hydrogen-bond donors (Lipinski definition) is 1. The Hall–Kier alpha value is -2.48. The largest absolute Gasteiger partial charge is 0.489 e. The van der Waals surface area contributed by atoms with Crippen molar-refractivity contribution >= 4 is 58.1 Å². The van der Waals surface area contributed by atoms with Crippen LogP contribution in [0.4, 0.5) is 4.79 Å². The SMILES string of the molecule is NC(=O)CN1C(=O)S/C(=C\c2ccc(OCc3ccc(Cl)cc3Cl)cc2)C1=O. The van der Waals surface area contributed by atoms with Crippen molar-refractivity contribution in [2.45, 2.75) is 6.61 Å². The molecule has 3 rings (SSSR count). The van der Waals surface area contributed by atoms with Crippen molar-refractivity contribution in [1.82, 2.24) is 4.90 Å². The molecule has 1 heterocycles. The van der Waals surface area contributed by atoms with Crippen molar-refractivity contribution in [3.05, 3.63) is 68.5 Å². The Morgan fingerprint density at radius 3 is 2.50 bits per heavy atom. The second-order valence-electron chi connectivity index (χ2n) is 5.83. The average Bonchev–Trinajstić information content (AvgIpc) is 2.89. The van der Waals surface area contributed by atoms with Gasteiger partial charge in [-0.25, -0.2) is 0 Å². The van der Waals surface area contributed by atoms with E-state index in [1.54, 1.807) is 48.5 Å². The standard InChI is InChI=1S/C19H14Cl2N2O4S/c20-13-4-3-12(15(21)8-13)10-27-14-5-1-11(2-6-14)7-16-18(25)23(9-17(22)24)19(26)28-16/h1-8H,9-10H2,(H2,22,24)/b16-7-. The van der Waals surface area contributed by atoms with E-state index in [9.17, 15) is 14.4 Å². The molecule has 1 fully saturated rings. The van der Waals surface area contributed by atoms with Crippen LogP contribution in [0.3, 0.4) is 0 Å². The summed E-state index contributed by atoms with van der Waals surface area (Å²) in [5.74, 6) is -0.664. The number of nitrogens with zero attached hydrogens (tertiary/aromatic N) is 1. The monoisotopic (exact) mass is 436 g/mol. The van der Waals surface area contributed by atoms with Crippen molar-refractivity contribution in [2.24, 2.45) is 5.73 Å². The maximum atomic E-state index is 12.2. The molecule has 0 unspecified atom stereocenters. The van der Waals surface area contributed by atoms with Gasteiger partial charge in [0.2, 0.25) is 5.91 Å². The minimum Gasteiger partial charge on any atom is -0.489 e. The van der Waals surface area contributed by atoms with Crippen LogP contribution in [0.5, 0.6) is 5.75 Å². The molecule has 0 spiro atoms. The van der Waals surface area contributed by atoms with E-state index in [2.05, 4.69) is 0 Å². The first-order valence-electron chi connectivity index (χ1n) is 8.04. The number of rotatable bonds is 6. The Labute approximate surface area is 175 Å². The van der Waals surface area contributed by atoms with E-state index < -0.39 is 23.6 Å². The highest BCUT2D eigenvalue weighted by Crippen LogP contribution is 2.32. The molecule has 2 N–H and O–H groups in total. The highest BCUT2D eigenvalue weighted by molar-refractivity contribution is 8.18. The van der Waals surface area contributed by atoms with Crippen LogP contribution in [0, 0.1) is 0 Å². The van der Waals surface area contributed by atoms with Crippen molar-refractivity contribution < 1.29 is 19.1 Å². The fourth-order valence-electron chi connectivity index (χ4n) is 2.40. The predicted molar refractivity (Wildman–Crippen MR) is 109 cm³/mol. The van der Waals surface area contributed by atoms with Crippen LogP contribution in [0.25, 0.3) is 6.08 Å². The van der Waals surface area contributed by atoms with Crippen LogP contribution in [0.2, 0.25) is 10.0 Å². The first kappa shape index (κ1) is 20.3. The van der Waals surface area contributed by atoms with E-state index in [0.717, 1.165) is 22.2 Å². The lowest BCUT2D eigenvalue weighted by Gasteiger charge is -2.09. The van der Waals surface area contributed by atoms with Gasteiger partial charge in [-0.05, 0) is 47.7 Å². The molecule has 1 aliphatic heterocycles. The summed E-state index contributed by atoms with van der Waals surface area (Å²) in [6, 6.07) is 12.2. The van der Waals surface area contributed by atoms with Gasteiger partial charge < -0.3 is 10.5 Å². The fourth-order valence-corrected chi connectivity index (χ4v) is 3.70. The Kier molecular flexibility index (Phi) is 6.28. The third-order valence-corrected chi connectivity index (χ3v) is 5.27. The van der Waals surface area contributed by atoms with Crippen LogP contribution in [0.1, 0.15) is 11.1 Å². The zero-order chi connectivity index (χ0) is 20.3. The molecule has 9 heteroatoms. The highest BCUT2D eigenvalue weighted by Gasteiger charge is 2.35. The first-order chi connectivity index (χ1) is 13.3. The Balaban J connectivity index is 1.66. The molecule has 0 saturated carbocycles. The number of carbonyl (C=O) groups is 3. The van der Waals surface area contributed by atoms with E-state index in [1.165, 1.54) is 0 Å². The van der Waals surface area contributed by atoms with Crippen LogP contribution in [0.15, 0.2) is 47.4 Å². The zero-order valence-corrected chi connectivity index (χ0v) is 16.7. The molecule has 2 aromatic carbocycles. The Morgan fingerprint density at radius 2 is 1.86 bits per heavy atom. The lowest BCUT2D eigenvalue weighted by molar-refractivity contribution is -0.127. The number of benzene rings is 2. The molecule has 0 bridgehead atoms. The van der Waals surface area contributed by atoms with Gasteiger partial charge in [0.25, 0.3) is 11.1 Å². The molecule has 3 amide bonds. The number of imide groups is 1. The van der Waals surface area contributed by atoms with Gasteiger partial charge in [-0.3, -0.25) is 19.3 Å². The smallest absolute Gasteiger partial charge is 0.294 e. The van der Waals surface area contributed by atoms with E-state index in [-0.39, 0.29) is 11.5 Å². The number of carbonyl (C=O) groups excluding carboxylic acids is 3. The van der Waals surface area contributed by atoms with Crippen LogP contribution < -0.4 is 10.5 Å². The van der Waals surface area contributed by atoms with Gasteiger partial charge in [-0.15, -0.1) is 0 Å². The average molecular weight is 437 g/mol. The maximum Gasteiger partial charge on any atom is 0.294 e. The number of hydrogen-bond acceptors (Lipinski definition) is 5. The Morgan fingerprint density at radius 1 is 1.14 bits per heavy atom.